The summed E-state index contributed by atoms with van der Waals surface area (Å²) in [6.45, 7) is 3.69. The Balaban J connectivity index is 1.68. The number of aromatic nitrogens is 2. The van der Waals surface area contributed by atoms with Crippen molar-refractivity contribution in [3.05, 3.63) is 54.1 Å². The second-order valence-electron chi connectivity index (χ2n) is 5.17. The fourth-order valence-corrected chi connectivity index (χ4v) is 2.18. The van der Waals surface area contributed by atoms with E-state index in [1.807, 2.05) is 55.5 Å². The third-order valence-electron chi connectivity index (χ3n) is 3.30. The number of rotatable bonds is 4. The maximum Gasteiger partial charge on any atom is 0.267 e. The van der Waals surface area contributed by atoms with Crippen molar-refractivity contribution >= 4 is 22.9 Å². The number of ether oxygens (including phenoxy) is 1. The van der Waals surface area contributed by atoms with Crippen LogP contribution in [0.2, 0.25) is 0 Å². The minimum absolute atomic E-state index is 0.249. The number of aromatic amines is 1. The molecular weight excluding hydrogens is 278 g/mol. The van der Waals surface area contributed by atoms with Crippen molar-refractivity contribution in [2.45, 2.75) is 20.0 Å². The molecule has 0 bridgehead atoms. The molecular formula is C17H17N3O2. The van der Waals surface area contributed by atoms with Crippen molar-refractivity contribution in [1.29, 1.82) is 0 Å². The summed E-state index contributed by atoms with van der Waals surface area (Å²) in [5.41, 5.74) is 2.78. The number of H-pyrrole nitrogens is 1. The Kier molecular flexibility index (Phi) is 3.78. The van der Waals surface area contributed by atoms with Crippen LogP contribution in [0, 0.1) is 6.92 Å². The molecule has 0 unspecified atom stereocenters. The first-order chi connectivity index (χ1) is 10.6. The summed E-state index contributed by atoms with van der Waals surface area (Å²) in [6.07, 6.45) is -0.616. The Bertz CT molecular complexity index is 777. The Morgan fingerprint density at radius 2 is 2.05 bits per heavy atom. The number of nitrogens with zero attached hydrogens (tertiary/aromatic N) is 1. The molecule has 0 saturated carbocycles. The Morgan fingerprint density at radius 1 is 1.23 bits per heavy atom. The van der Waals surface area contributed by atoms with Gasteiger partial charge in [-0.3, -0.25) is 10.1 Å². The number of carbonyl (C=O) groups excluding carboxylic acids is 1. The van der Waals surface area contributed by atoms with Crippen LogP contribution in [0.4, 0.5) is 5.95 Å². The minimum Gasteiger partial charge on any atom is -0.481 e. The Labute approximate surface area is 128 Å². The number of hydrogen-bond acceptors (Lipinski definition) is 3. The topological polar surface area (TPSA) is 67.0 Å². The summed E-state index contributed by atoms with van der Waals surface area (Å²) in [5, 5.41) is 2.74. The van der Waals surface area contributed by atoms with Gasteiger partial charge < -0.3 is 9.72 Å². The van der Waals surface area contributed by atoms with Crippen LogP contribution in [-0.2, 0) is 4.79 Å². The van der Waals surface area contributed by atoms with E-state index in [-0.39, 0.29) is 5.91 Å². The van der Waals surface area contributed by atoms with Crippen LogP contribution in [0.15, 0.2) is 48.5 Å². The van der Waals surface area contributed by atoms with Crippen molar-refractivity contribution < 1.29 is 9.53 Å². The quantitative estimate of drug-likeness (QED) is 0.776. The standard InChI is InChI=1S/C17H17N3O2/c1-11-6-5-7-13(10-11)22-12(2)16(21)20-17-18-14-8-3-4-9-15(14)19-17/h3-10,12H,1-2H3,(H2,18,19,20,21)/t12-/m1/s1. The molecule has 0 saturated heterocycles. The number of fused-ring (bicyclic) bond motifs is 1. The molecule has 0 radical (unpaired) electrons. The number of carbonyl (C=O) groups is 1. The highest BCUT2D eigenvalue weighted by Crippen LogP contribution is 2.16. The van der Waals surface area contributed by atoms with Gasteiger partial charge in [0.15, 0.2) is 6.10 Å². The van der Waals surface area contributed by atoms with Crippen molar-refractivity contribution in [2.24, 2.45) is 0 Å². The number of aryl methyl sites for hydroxylation is 1. The maximum atomic E-state index is 12.2. The van der Waals surface area contributed by atoms with Gasteiger partial charge in [0.05, 0.1) is 11.0 Å². The molecule has 1 atom stereocenters. The number of anilines is 1. The normalized spacial score (nSPS) is 12.1. The van der Waals surface area contributed by atoms with Gasteiger partial charge in [-0.05, 0) is 43.7 Å². The minimum atomic E-state index is -0.616. The second kappa shape index (κ2) is 5.89. The monoisotopic (exact) mass is 295 g/mol. The molecule has 0 aliphatic carbocycles. The van der Waals surface area contributed by atoms with Gasteiger partial charge in [0.2, 0.25) is 5.95 Å². The number of para-hydroxylation sites is 2. The van der Waals surface area contributed by atoms with Crippen molar-refractivity contribution in [1.82, 2.24) is 9.97 Å². The van der Waals surface area contributed by atoms with Gasteiger partial charge in [-0.2, -0.15) is 0 Å². The summed E-state index contributed by atoms with van der Waals surface area (Å²) in [6, 6.07) is 15.2. The molecule has 3 rings (SSSR count). The molecule has 1 amide bonds. The van der Waals surface area contributed by atoms with E-state index in [0.717, 1.165) is 16.6 Å². The molecule has 22 heavy (non-hydrogen) atoms. The maximum absolute atomic E-state index is 12.2. The average Bonchev–Trinajstić information content (AvgIpc) is 2.89. The first kappa shape index (κ1) is 14.1. The van der Waals surface area contributed by atoms with Crippen LogP contribution in [0.5, 0.6) is 5.75 Å². The van der Waals surface area contributed by atoms with Gasteiger partial charge in [0, 0.05) is 0 Å². The summed E-state index contributed by atoms with van der Waals surface area (Å²) in [5.74, 6) is 0.846. The molecule has 1 heterocycles. The lowest BCUT2D eigenvalue weighted by molar-refractivity contribution is -0.122. The summed E-state index contributed by atoms with van der Waals surface area (Å²) < 4.78 is 5.65. The number of nitrogens with one attached hydrogen (secondary N) is 2. The first-order valence-electron chi connectivity index (χ1n) is 7.11. The number of amides is 1. The molecule has 5 heteroatoms. The van der Waals surface area contributed by atoms with E-state index < -0.39 is 6.10 Å². The van der Waals surface area contributed by atoms with Crippen LogP contribution in [0.1, 0.15) is 12.5 Å². The van der Waals surface area contributed by atoms with Crippen molar-refractivity contribution in [2.75, 3.05) is 5.32 Å². The summed E-state index contributed by atoms with van der Waals surface area (Å²) >= 11 is 0. The second-order valence-corrected chi connectivity index (χ2v) is 5.17. The molecule has 0 spiro atoms. The van der Waals surface area contributed by atoms with Gasteiger partial charge in [0.25, 0.3) is 5.91 Å². The molecule has 0 aliphatic rings. The third-order valence-corrected chi connectivity index (χ3v) is 3.30. The zero-order valence-corrected chi connectivity index (χ0v) is 12.5. The lowest BCUT2D eigenvalue weighted by atomic mass is 10.2. The van der Waals surface area contributed by atoms with Crippen molar-refractivity contribution in [3.8, 4) is 5.75 Å². The smallest absolute Gasteiger partial charge is 0.267 e. The van der Waals surface area contributed by atoms with E-state index in [1.165, 1.54) is 0 Å². The van der Waals surface area contributed by atoms with E-state index in [9.17, 15) is 4.79 Å². The Morgan fingerprint density at radius 3 is 2.82 bits per heavy atom. The average molecular weight is 295 g/mol. The van der Waals surface area contributed by atoms with Gasteiger partial charge in [-0.25, -0.2) is 4.98 Å². The zero-order chi connectivity index (χ0) is 15.5. The molecule has 1 aromatic heterocycles. The fraction of sp³-hybridized carbons (Fsp3) is 0.176. The van der Waals surface area contributed by atoms with Crippen LogP contribution in [-0.4, -0.2) is 22.0 Å². The number of imidazole rings is 1. The van der Waals surface area contributed by atoms with Gasteiger partial charge in [-0.1, -0.05) is 24.3 Å². The zero-order valence-electron chi connectivity index (χ0n) is 12.5. The van der Waals surface area contributed by atoms with Gasteiger partial charge in [0.1, 0.15) is 5.75 Å². The summed E-state index contributed by atoms with van der Waals surface area (Å²) in [7, 11) is 0. The van der Waals surface area contributed by atoms with E-state index in [1.54, 1.807) is 6.92 Å². The SMILES string of the molecule is Cc1cccc(O[C@H](C)C(=O)Nc2nc3ccccc3[nH]2)c1. The molecule has 3 aromatic rings. The Hall–Kier alpha value is -2.82. The highest BCUT2D eigenvalue weighted by Gasteiger charge is 2.16. The number of benzene rings is 2. The van der Waals surface area contributed by atoms with E-state index in [0.29, 0.717) is 11.7 Å². The van der Waals surface area contributed by atoms with E-state index in [4.69, 9.17) is 4.74 Å². The van der Waals surface area contributed by atoms with E-state index >= 15 is 0 Å². The predicted molar refractivity (Wildman–Crippen MR) is 86.0 cm³/mol. The highest BCUT2D eigenvalue weighted by atomic mass is 16.5. The van der Waals surface area contributed by atoms with Gasteiger partial charge >= 0.3 is 0 Å². The molecule has 0 aliphatic heterocycles. The summed E-state index contributed by atoms with van der Waals surface area (Å²) in [4.78, 5) is 19.6. The van der Waals surface area contributed by atoms with Crippen LogP contribution in [0.25, 0.3) is 11.0 Å². The third kappa shape index (κ3) is 3.09. The molecule has 2 aromatic carbocycles. The highest BCUT2D eigenvalue weighted by molar-refractivity contribution is 5.94. The van der Waals surface area contributed by atoms with E-state index in [2.05, 4.69) is 15.3 Å². The van der Waals surface area contributed by atoms with Crippen molar-refractivity contribution in [3.63, 3.8) is 0 Å². The molecule has 0 fully saturated rings. The van der Waals surface area contributed by atoms with Crippen LogP contribution >= 0.6 is 0 Å². The lowest BCUT2D eigenvalue weighted by Gasteiger charge is -2.14. The van der Waals surface area contributed by atoms with Crippen LogP contribution < -0.4 is 10.1 Å². The first-order valence-corrected chi connectivity index (χ1v) is 7.11. The number of hydrogen-bond donors (Lipinski definition) is 2. The molecule has 112 valence electrons. The molecule has 5 nitrogen and oxygen atoms in total. The molecule has 2 N–H and O–H groups in total. The fourth-order valence-electron chi connectivity index (χ4n) is 2.18. The lowest BCUT2D eigenvalue weighted by Crippen LogP contribution is -2.30. The van der Waals surface area contributed by atoms with Gasteiger partial charge in [-0.15, -0.1) is 0 Å². The van der Waals surface area contributed by atoms with Crippen LogP contribution in [0.3, 0.4) is 0 Å². The largest absolute Gasteiger partial charge is 0.481 e. The predicted octanol–water partition coefficient (Wildman–Crippen LogP) is 3.28.